The van der Waals surface area contributed by atoms with Gasteiger partial charge in [-0.05, 0) is 62.9 Å². The van der Waals surface area contributed by atoms with E-state index in [0.29, 0.717) is 23.2 Å². The number of nitrogens with zero attached hydrogens (tertiary/aromatic N) is 4. The SMILES string of the molecule is Cc1ccc(-c2cc(C(=O)N[C@H](C)c3cnc(C(F)(F)F)nc3)cc(C3=NOC4(CCC4)C3)c2)nc1. The summed E-state index contributed by atoms with van der Waals surface area (Å²) in [7, 11) is 0. The van der Waals surface area contributed by atoms with Crippen molar-refractivity contribution in [1.82, 2.24) is 20.3 Å². The molecule has 1 atom stereocenters. The summed E-state index contributed by atoms with van der Waals surface area (Å²) < 4.78 is 38.3. The molecule has 1 aliphatic heterocycles. The van der Waals surface area contributed by atoms with Gasteiger partial charge in [0.2, 0.25) is 5.82 Å². The van der Waals surface area contributed by atoms with Crippen LogP contribution in [-0.2, 0) is 11.0 Å². The summed E-state index contributed by atoms with van der Waals surface area (Å²) in [5.41, 5.74) is 4.53. The molecule has 36 heavy (non-hydrogen) atoms. The summed E-state index contributed by atoms with van der Waals surface area (Å²) in [6, 6.07) is 8.65. The van der Waals surface area contributed by atoms with Gasteiger partial charge >= 0.3 is 6.18 Å². The van der Waals surface area contributed by atoms with Gasteiger partial charge in [-0.3, -0.25) is 9.78 Å². The Hall–Kier alpha value is -3.82. The molecule has 2 aromatic heterocycles. The van der Waals surface area contributed by atoms with Crippen molar-refractivity contribution in [2.45, 2.75) is 57.3 Å². The van der Waals surface area contributed by atoms with E-state index in [1.807, 2.05) is 25.1 Å². The molecule has 1 aliphatic carbocycles. The summed E-state index contributed by atoms with van der Waals surface area (Å²) in [6.45, 7) is 3.60. The number of hydrogen-bond acceptors (Lipinski definition) is 6. The lowest BCUT2D eigenvalue weighted by Gasteiger charge is -2.34. The van der Waals surface area contributed by atoms with Gasteiger partial charge in [0.05, 0.1) is 17.4 Å². The van der Waals surface area contributed by atoms with Crippen LogP contribution in [0.25, 0.3) is 11.3 Å². The fourth-order valence-corrected chi connectivity index (χ4v) is 4.30. The summed E-state index contributed by atoms with van der Waals surface area (Å²) >= 11 is 0. The van der Waals surface area contributed by atoms with Crippen LogP contribution in [0.15, 0.2) is 54.1 Å². The Bertz CT molecular complexity index is 1320. The Kier molecular flexibility index (Phi) is 5.97. The van der Waals surface area contributed by atoms with Gasteiger partial charge in [-0.2, -0.15) is 13.2 Å². The zero-order valence-corrected chi connectivity index (χ0v) is 19.8. The molecule has 10 heteroatoms. The first-order chi connectivity index (χ1) is 17.1. The highest BCUT2D eigenvalue weighted by atomic mass is 19.4. The number of halogens is 3. The van der Waals surface area contributed by atoms with Crippen LogP contribution >= 0.6 is 0 Å². The molecule has 0 bridgehead atoms. The fourth-order valence-electron chi connectivity index (χ4n) is 4.30. The van der Waals surface area contributed by atoms with Crippen molar-refractivity contribution in [1.29, 1.82) is 0 Å². The van der Waals surface area contributed by atoms with Crippen LogP contribution in [0.1, 0.15) is 71.5 Å². The van der Waals surface area contributed by atoms with Crippen molar-refractivity contribution < 1.29 is 22.8 Å². The van der Waals surface area contributed by atoms with E-state index >= 15 is 0 Å². The van der Waals surface area contributed by atoms with Crippen molar-refractivity contribution in [2.24, 2.45) is 5.16 Å². The van der Waals surface area contributed by atoms with E-state index in [9.17, 15) is 18.0 Å². The maximum Gasteiger partial charge on any atom is 0.451 e. The van der Waals surface area contributed by atoms with E-state index in [-0.39, 0.29) is 5.60 Å². The number of nitrogens with one attached hydrogen (secondary N) is 1. The number of benzene rings is 1. The number of carbonyl (C=O) groups excluding carboxylic acids is 1. The van der Waals surface area contributed by atoms with Gasteiger partial charge in [0.25, 0.3) is 5.91 Å². The Balaban J connectivity index is 1.42. The van der Waals surface area contributed by atoms with Crippen LogP contribution in [0, 0.1) is 6.92 Å². The highest BCUT2D eigenvalue weighted by Gasteiger charge is 2.45. The monoisotopic (exact) mass is 495 g/mol. The average Bonchev–Trinajstić information content (AvgIpc) is 3.31. The first-order valence-electron chi connectivity index (χ1n) is 11.7. The number of oxime groups is 1. The van der Waals surface area contributed by atoms with Crippen LogP contribution in [0.4, 0.5) is 13.2 Å². The molecular weight excluding hydrogens is 471 g/mol. The van der Waals surface area contributed by atoms with Crippen molar-refractivity contribution in [2.75, 3.05) is 0 Å². The smallest absolute Gasteiger partial charge is 0.389 e. The maximum atomic E-state index is 13.2. The Morgan fingerprint density at radius 1 is 1.06 bits per heavy atom. The van der Waals surface area contributed by atoms with Crippen molar-refractivity contribution in [3.8, 4) is 11.3 Å². The molecule has 1 saturated carbocycles. The zero-order chi connectivity index (χ0) is 25.5. The second-order valence-electron chi connectivity index (χ2n) is 9.40. The molecule has 3 aromatic rings. The molecule has 0 saturated heterocycles. The van der Waals surface area contributed by atoms with Gasteiger partial charge in [-0.25, -0.2) is 9.97 Å². The normalized spacial score (nSPS) is 17.2. The molecule has 1 aromatic carbocycles. The number of aromatic nitrogens is 3. The minimum atomic E-state index is -4.63. The van der Waals surface area contributed by atoms with Gasteiger partial charge < -0.3 is 10.2 Å². The third-order valence-electron chi connectivity index (χ3n) is 6.61. The Labute approximate surface area is 205 Å². The average molecular weight is 496 g/mol. The van der Waals surface area contributed by atoms with Gasteiger partial charge in [-0.1, -0.05) is 11.2 Å². The number of aryl methyl sites for hydroxylation is 1. The predicted octanol–water partition coefficient (Wildman–Crippen LogP) is 5.40. The molecule has 1 amide bonds. The van der Waals surface area contributed by atoms with Gasteiger partial charge in [0.1, 0.15) is 5.60 Å². The summed E-state index contributed by atoms with van der Waals surface area (Å²) in [4.78, 5) is 30.2. The minimum Gasteiger partial charge on any atom is -0.389 e. The van der Waals surface area contributed by atoms with Crippen molar-refractivity contribution >= 4 is 11.6 Å². The number of carbonyl (C=O) groups is 1. The van der Waals surface area contributed by atoms with E-state index in [2.05, 4.69) is 25.4 Å². The molecule has 1 spiro atoms. The summed E-state index contributed by atoms with van der Waals surface area (Å²) in [5.74, 6) is -1.62. The van der Waals surface area contributed by atoms with Gasteiger partial charge in [0, 0.05) is 47.3 Å². The number of alkyl halides is 3. The third-order valence-corrected chi connectivity index (χ3v) is 6.61. The molecule has 1 fully saturated rings. The van der Waals surface area contributed by atoms with Crippen LogP contribution in [0.5, 0.6) is 0 Å². The fraction of sp³-hybridized carbons (Fsp3) is 0.346. The first kappa shape index (κ1) is 23.9. The van der Waals surface area contributed by atoms with E-state index in [0.717, 1.165) is 54.1 Å². The summed E-state index contributed by atoms with van der Waals surface area (Å²) in [5, 5.41) is 7.15. The van der Waals surface area contributed by atoms with Gasteiger partial charge in [0.15, 0.2) is 0 Å². The molecule has 0 radical (unpaired) electrons. The minimum absolute atomic E-state index is 0.229. The lowest BCUT2D eigenvalue weighted by molar-refractivity contribution is -0.145. The molecule has 186 valence electrons. The lowest BCUT2D eigenvalue weighted by Crippen LogP contribution is -2.36. The Morgan fingerprint density at radius 3 is 2.36 bits per heavy atom. The first-order valence-corrected chi connectivity index (χ1v) is 11.7. The number of rotatable bonds is 5. The van der Waals surface area contributed by atoms with Gasteiger partial charge in [-0.15, -0.1) is 0 Å². The quantitative estimate of drug-likeness (QED) is 0.512. The van der Waals surface area contributed by atoms with E-state index < -0.39 is 23.9 Å². The highest BCUT2D eigenvalue weighted by Crippen LogP contribution is 2.43. The van der Waals surface area contributed by atoms with Crippen molar-refractivity contribution in [3.63, 3.8) is 0 Å². The lowest BCUT2D eigenvalue weighted by atomic mass is 9.76. The number of pyridine rings is 1. The van der Waals surface area contributed by atoms with Crippen LogP contribution in [0.3, 0.4) is 0 Å². The molecule has 2 aliphatic rings. The third kappa shape index (κ3) is 4.80. The Morgan fingerprint density at radius 2 is 1.78 bits per heavy atom. The number of amides is 1. The molecule has 0 unspecified atom stereocenters. The second-order valence-corrected chi connectivity index (χ2v) is 9.40. The molecule has 1 N–H and O–H groups in total. The van der Waals surface area contributed by atoms with Crippen LogP contribution in [0.2, 0.25) is 0 Å². The van der Waals surface area contributed by atoms with E-state index in [1.54, 1.807) is 25.3 Å². The second kappa shape index (κ2) is 9.00. The summed E-state index contributed by atoms with van der Waals surface area (Å²) in [6.07, 6.45) is 2.97. The molecule has 5 rings (SSSR count). The highest BCUT2D eigenvalue weighted by molar-refractivity contribution is 6.05. The standard InChI is InChI=1S/C26H24F3N5O2/c1-15-4-5-21(30-12-15)17-8-18(22-11-25(36-34-22)6-3-7-25)10-19(9-17)23(35)33-16(2)20-13-31-24(32-14-20)26(27,28)29/h4-5,8-10,12-14,16H,3,6-7,11H2,1-2H3,(H,33,35)/t16-/m1/s1. The molecular formula is C26H24F3N5O2. The topological polar surface area (TPSA) is 89.4 Å². The van der Waals surface area contributed by atoms with Crippen LogP contribution < -0.4 is 5.32 Å². The van der Waals surface area contributed by atoms with Crippen molar-refractivity contribution in [3.05, 3.63) is 77.0 Å². The molecule has 7 nitrogen and oxygen atoms in total. The van der Waals surface area contributed by atoms with Crippen LogP contribution in [-0.4, -0.2) is 32.2 Å². The zero-order valence-electron chi connectivity index (χ0n) is 19.8. The predicted molar refractivity (Wildman–Crippen MR) is 126 cm³/mol. The number of hydrogen-bond donors (Lipinski definition) is 1. The molecule has 3 heterocycles. The largest absolute Gasteiger partial charge is 0.451 e. The van der Waals surface area contributed by atoms with E-state index in [1.165, 1.54) is 0 Å². The maximum absolute atomic E-state index is 13.2. The van der Waals surface area contributed by atoms with E-state index in [4.69, 9.17) is 4.84 Å².